The molecule has 7 heteroatoms. The van der Waals surface area contributed by atoms with Crippen LogP contribution in [0, 0.1) is 0 Å². The van der Waals surface area contributed by atoms with Gasteiger partial charge in [0.15, 0.2) is 0 Å². The van der Waals surface area contributed by atoms with Gasteiger partial charge in [-0.25, -0.2) is 4.79 Å². The molecule has 0 aromatic rings. The van der Waals surface area contributed by atoms with Gasteiger partial charge in [-0.1, -0.05) is 37.3 Å². The Hall–Kier alpha value is -1.60. The minimum Gasteiger partial charge on any atom is -0.444 e. The first-order chi connectivity index (χ1) is 10.4. The molecule has 0 aromatic heterocycles. The Morgan fingerprint density at radius 3 is 2.57 bits per heavy atom. The molecule has 0 spiro atoms. The number of hydrogen-bond donors (Lipinski definition) is 2. The average molecular weight is 343 g/mol. The van der Waals surface area contributed by atoms with Crippen molar-refractivity contribution < 1.29 is 22.5 Å². The highest BCUT2D eigenvalue weighted by atomic mass is 32.2. The monoisotopic (exact) mass is 343 g/mol. The summed E-state index contributed by atoms with van der Waals surface area (Å²) >= 11 is 0. The zero-order valence-electron chi connectivity index (χ0n) is 14.2. The number of nitrogens with one attached hydrogen (secondary N) is 1. The van der Waals surface area contributed by atoms with Gasteiger partial charge in [0.1, 0.15) is 10.3 Å². The maximum Gasteiger partial charge on any atom is 0.408 e. The molecule has 2 unspecified atom stereocenters. The molecule has 130 valence electrons. The van der Waals surface area contributed by atoms with Crippen LogP contribution in [0.2, 0.25) is 0 Å². The summed E-state index contributed by atoms with van der Waals surface area (Å²) in [5.74, 6) is 0. The summed E-state index contributed by atoms with van der Waals surface area (Å²) in [5, 5.41) is 2.56. The minimum atomic E-state index is -4.45. The van der Waals surface area contributed by atoms with Crippen molar-refractivity contribution in [2.24, 2.45) is 0 Å². The van der Waals surface area contributed by atoms with Crippen molar-refractivity contribution in [3.05, 3.63) is 36.0 Å². The number of allylic oxidation sites excluding steroid dienone is 3. The van der Waals surface area contributed by atoms with Crippen LogP contribution in [-0.2, 0) is 14.9 Å². The highest BCUT2D eigenvalue weighted by molar-refractivity contribution is 7.87. The van der Waals surface area contributed by atoms with Crippen molar-refractivity contribution >= 4 is 16.2 Å². The second-order valence-corrected chi connectivity index (χ2v) is 8.40. The van der Waals surface area contributed by atoms with E-state index in [0.29, 0.717) is 5.57 Å². The maximum atomic E-state index is 12.1. The zero-order chi connectivity index (χ0) is 17.9. The number of amides is 1. The van der Waals surface area contributed by atoms with E-state index in [0.717, 1.165) is 6.42 Å². The van der Waals surface area contributed by atoms with Crippen molar-refractivity contribution in [3.8, 4) is 0 Å². The van der Waals surface area contributed by atoms with Crippen LogP contribution in [0.1, 0.15) is 41.0 Å². The summed E-state index contributed by atoms with van der Waals surface area (Å²) in [6.45, 7) is 8.43. The molecule has 0 aliphatic heterocycles. The van der Waals surface area contributed by atoms with Gasteiger partial charge in [0.05, 0.1) is 6.04 Å². The van der Waals surface area contributed by atoms with Crippen molar-refractivity contribution in [2.75, 3.05) is 0 Å². The molecule has 1 amide bonds. The fourth-order valence-electron chi connectivity index (χ4n) is 2.17. The SMILES string of the molecule is CC/C=C/C1=CC=CC(C)(S(=O)(=O)O)C1NC(=O)OC(C)(C)C. The largest absolute Gasteiger partial charge is 0.444 e. The Labute approximate surface area is 138 Å². The van der Waals surface area contributed by atoms with Crippen LogP contribution in [0.4, 0.5) is 4.79 Å². The van der Waals surface area contributed by atoms with E-state index in [-0.39, 0.29) is 0 Å². The van der Waals surface area contributed by atoms with Gasteiger partial charge in [-0.15, -0.1) is 0 Å². The van der Waals surface area contributed by atoms with Gasteiger partial charge in [0, 0.05) is 0 Å². The number of carbonyl (C=O) groups excluding carboxylic acids is 1. The molecule has 0 aromatic carbocycles. The minimum absolute atomic E-state index is 0.570. The molecule has 1 aliphatic rings. The lowest BCUT2D eigenvalue weighted by molar-refractivity contribution is 0.0506. The molecule has 2 atom stereocenters. The number of carbonyl (C=O) groups is 1. The number of ether oxygens (including phenoxy) is 1. The lowest BCUT2D eigenvalue weighted by Crippen LogP contribution is -2.56. The van der Waals surface area contributed by atoms with Crippen molar-refractivity contribution in [1.82, 2.24) is 5.32 Å². The van der Waals surface area contributed by atoms with Gasteiger partial charge in [0.2, 0.25) is 0 Å². The van der Waals surface area contributed by atoms with Gasteiger partial charge < -0.3 is 10.1 Å². The lowest BCUT2D eigenvalue weighted by atomic mass is 9.88. The van der Waals surface area contributed by atoms with E-state index in [9.17, 15) is 17.8 Å². The van der Waals surface area contributed by atoms with E-state index in [2.05, 4.69) is 5.32 Å². The highest BCUT2D eigenvalue weighted by Gasteiger charge is 2.47. The van der Waals surface area contributed by atoms with Crippen LogP contribution < -0.4 is 5.32 Å². The molecule has 0 saturated heterocycles. The van der Waals surface area contributed by atoms with E-state index in [1.807, 2.05) is 13.0 Å². The number of alkyl carbamates (subject to hydrolysis) is 1. The summed E-state index contributed by atoms with van der Waals surface area (Å²) in [6.07, 6.45) is 8.19. The maximum absolute atomic E-state index is 12.1. The average Bonchev–Trinajstić information content (AvgIpc) is 2.36. The predicted molar refractivity (Wildman–Crippen MR) is 89.8 cm³/mol. The fourth-order valence-corrected chi connectivity index (χ4v) is 2.91. The molecule has 23 heavy (non-hydrogen) atoms. The van der Waals surface area contributed by atoms with Crippen LogP contribution >= 0.6 is 0 Å². The summed E-state index contributed by atoms with van der Waals surface area (Å²) < 4.78 is 36.9. The molecular weight excluding hydrogens is 318 g/mol. The Kier molecular flexibility index (Phi) is 5.82. The Balaban J connectivity index is 3.20. The Morgan fingerprint density at radius 1 is 1.48 bits per heavy atom. The van der Waals surface area contributed by atoms with Gasteiger partial charge in [-0.2, -0.15) is 8.42 Å². The summed E-state index contributed by atoms with van der Waals surface area (Å²) in [4.78, 5) is 12.1. The molecule has 0 saturated carbocycles. The van der Waals surface area contributed by atoms with E-state index in [1.165, 1.54) is 13.0 Å². The van der Waals surface area contributed by atoms with E-state index < -0.39 is 32.6 Å². The van der Waals surface area contributed by atoms with E-state index >= 15 is 0 Å². The standard InChI is InChI=1S/C16H25NO5S/c1-6-7-9-12-10-8-11-16(5,23(19,20)21)13(12)17-14(18)22-15(2,3)4/h7-11,13H,6H2,1-5H3,(H,17,18)(H,19,20,21)/b9-7+. The lowest BCUT2D eigenvalue weighted by Gasteiger charge is -2.36. The van der Waals surface area contributed by atoms with E-state index in [4.69, 9.17) is 4.74 Å². The molecule has 1 rings (SSSR count). The summed E-state index contributed by atoms with van der Waals surface area (Å²) in [7, 11) is -4.45. The van der Waals surface area contributed by atoms with Crippen molar-refractivity contribution in [1.29, 1.82) is 0 Å². The number of rotatable bonds is 4. The van der Waals surface area contributed by atoms with Crippen LogP contribution in [-0.4, -0.2) is 35.5 Å². The molecule has 0 radical (unpaired) electrons. The topological polar surface area (TPSA) is 92.7 Å². The van der Waals surface area contributed by atoms with Gasteiger partial charge >= 0.3 is 6.09 Å². The van der Waals surface area contributed by atoms with Crippen LogP contribution in [0.15, 0.2) is 36.0 Å². The first kappa shape index (κ1) is 19.4. The third-order valence-electron chi connectivity index (χ3n) is 3.39. The highest BCUT2D eigenvalue weighted by Crippen LogP contribution is 2.31. The molecule has 6 nitrogen and oxygen atoms in total. The predicted octanol–water partition coefficient (Wildman–Crippen LogP) is 2.99. The van der Waals surface area contributed by atoms with Gasteiger partial charge in [-0.3, -0.25) is 4.55 Å². The molecule has 0 bridgehead atoms. The fraction of sp³-hybridized carbons (Fsp3) is 0.562. The smallest absolute Gasteiger partial charge is 0.408 e. The normalized spacial score (nSPS) is 25.3. The van der Waals surface area contributed by atoms with Crippen LogP contribution in [0.3, 0.4) is 0 Å². The number of hydrogen-bond acceptors (Lipinski definition) is 4. The Morgan fingerprint density at radius 2 is 2.09 bits per heavy atom. The molecule has 2 N–H and O–H groups in total. The molecule has 1 aliphatic carbocycles. The molecule has 0 heterocycles. The quantitative estimate of drug-likeness (QED) is 0.766. The zero-order valence-corrected chi connectivity index (χ0v) is 15.0. The second kappa shape index (κ2) is 6.88. The van der Waals surface area contributed by atoms with Gasteiger partial charge in [-0.05, 0) is 39.7 Å². The Bertz CT molecular complexity index is 640. The summed E-state index contributed by atoms with van der Waals surface area (Å²) in [6, 6.07) is -0.958. The van der Waals surface area contributed by atoms with Crippen LogP contribution in [0.25, 0.3) is 0 Å². The third-order valence-corrected chi connectivity index (χ3v) is 4.87. The van der Waals surface area contributed by atoms with Crippen molar-refractivity contribution in [2.45, 2.75) is 57.4 Å². The first-order valence-electron chi connectivity index (χ1n) is 7.43. The van der Waals surface area contributed by atoms with E-state index in [1.54, 1.807) is 39.0 Å². The molecular formula is C16H25NO5S. The first-order valence-corrected chi connectivity index (χ1v) is 8.87. The van der Waals surface area contributed by atoms with Crippen molar-refractivity contribution in [3.63, 3.8) is 0 Å². The van der Waals surface area contributed by atoms with Crippen LogP contribution in [0.5, 0.6) is 0 Å². The third kappa shape index (κ3) is 4.94. The molecule has 0 fully saturated rings. The summed E-state index contributed by atoms with van der Waals surface area (Å²) in [5.41, 5.74) is -0.146. The van der Waals surface area contributed by atoms with Gasteiger partial charge in [0.25, 0.3) is 10.1 Å². The second-order valence-electron chi connectivity index (χ2n) is 6.57.